The maximum absolute atomic E-state index is 11.3. The first-order chi connectivity index (χ1) is 9.79. The van der Waals surface area contributed by atoms with Gasteiger partial charge in [0.25, 0.3) is 0 Å². The number of hydrogen-bond donors (Lipinski definition) is 0. The van der Waals surface area contributed by atoms with Crippen LogP contribution in [0.15, 0.2) is 24.3 Å². The van der Waals surface area contributed by atoms with Crippen molar-refractivity contribution in [1.82, 2.24) is 0 Å². The average molecular weight is 280 g/mol. The first-order valence-electron chi connectivity index (χ1n) is 7.45. The van der Waals surface area contributed by atoms with Gasteiger partial charge in [0.05, 0.1) is 13.2 Å². The van der Waals surface area contributed by atoms with E-state index in [1.165, 1.54) is 12.2 Å². The van der Waals surface area contributed by atoms with Crippen molar-refractivity contribution in [3.05, 3.63) is 24.3 Å². The lowest BCUT2D eigenvalue weighted by Gasteiger charge is -2.03. The summed E-state index contributed by atoms with van der Waals surface area (Å²) in [5, 5.41) is 0. The predicted octanol–water partition coefficient (Wildman–Crippen LogP) is 3.32. The molecule has 0 saturated carbocycles. The van der Waals surface area contributed by atoms with Gasteiger partial charge in [0.15, 0.2) is 0 Å². The van der Waals surface area contributed by atoms with Gasteiger partial charge < -0.3 is 9.47 Å². The Kier molecular flexibility index (Phi) is 9.28. The Bertz CT molecular complexity index is 310. The van der Waals surface area contributed by atoms with E-state index in [9.17, 15) is 9.59 Å². The van der Waals surface area contributed by atoms with Crippen LogP contribution in [0.3, 0.4) is 0 Å². The number of carbonyl (C=O) groups is 2. The highest BCUT2D eigenvalue weighted by Crippen LogP contribution is 2.07. The van der Waals surface area contributed by atoms with Crippen molar-refractivity contribution in [1.29, 1.82) is 0 Å². The molecule has 0 aromatic rings. The summed E-state index contributed by atoms with van der Waals surface area (Å²) >= 11 is 0. The zero-order valence-electron chi connectivity index (χ0n) is 12.0. The smallest absolute Gasteiger partial charge is 0.330 e. The Balaban J connectivity index is 2.32. The molecule has 0 aromatic carbocycles. The fraction of sp³-hybridized carbons (Fsp3) is 0.625. The van der Waals surface area contributed by atoms with Gasteiger partial charge in [0.1, 0.15) is 0 Å². The number of cyclic esters (lactones) is 2. The molecule has 0 aliphatic carbocycles. The molecule has 20 heavy (non-hydrogen) atoms. The normalized spacial score (nSPS) is 20.6. The Labute approximate surface area is 120 Å². The van der Waals surface area contributed by atoms with Gasteiger partial charge in [-0.1, -0.05) is 25.0 Å². The molecule has 0 atom stereocenters. The van der Waals surface area contributed by atoms with Crippen molar-refractivity contribution in [2.45, 2.75) is 51.4 Å². The third-order valence-corrected chi connectivity index (χ3v) is 3.03. The van der Waals surface area contributed by atoms with Crippen molar-refractivity contribution in [2.24, 2.45) is 0 Å². The number of ether oxygens (including phenoxy) is 2. The summed E-state index contributed by atoms with van der Waals surface area (Å²) in [7, 11) is 0. The van der Waals surface area contributed by atoms with Gasteiger partial charge in [0.2, 0.25) is 0 Å². The van der Waals surface area contributed by atoms with Crippen molar-refractivity contribution < 1.29 is 19.1 Å². The number of hydrogen-bond acceptors (Lipinski definition) is 4. The highest BCUT2D eigenvalue weighted by molar-refractivity contribution is 5.82. The van der Waals surface area contributed by atoms with Crippen LogP contribution in [-0.2, 0) is 19.1 Å². The van der Waals surface area contributed by atoms with E-state index in [2.05, 4.69) is 0 Å². The van der Waals surface area contributed by atoms with E-state index in [4.69, 9.17) is 9.47 Å². The molecule has 0 unspecified atom stereocenters. The van der Waals surface area contributed by atoms with Crippen molar-refractivity contribution in [2.75, 3.05) is 13.2 Å². The molecule has 4 nitrogen and oxygen atoms in total. The van der Waals surface area contributed by atoms with Crippen LogP contribution in [0.1, 0.15) is 51.4 Å². The number of carbonyl (C=O) groups excluding carboxylic acids is 2. The van der Waals surface area contributed by atoms with Crippen LogP contribution in [-0.4, -0.2) is 25.2 Å². The summed E-state index contributed by atoms with van der Waals surface area (Å²) in [6, 6.07) is 0. The molecule has 1 aliphatic heterocycles. The summed E-state index contributed by atoms with van der Waals surface area (Å²) in [5.74, 6) is -0.572. The van der Waals surface area contributed by atoms with Gasteiger partial charge in [0, 0.05) is 12.2 Å². The van der Waals surface area contributed by atoms with E-state index in [0.29, 0.717) is 26.1 Å². The molecule has 112 valence electrons. The second kappa shape index (κ2) is 11.3. The van der Waals surface area contributed by atoms with Crippen molar-refractivity contribution in [3.8, 4) is 0 Å². The monoisotopic (exact) mass is 280 g/mol. The first kappa shape index (κ1) is 16.5. The quantitative estimate of drug-likeness (QED) is 0.639. The van der Waals surface area contributed by atoms with Gasteiger partial charge in [-0.3, -0.25) is 0 Å². The molecule has 0 bridgehead atoms. The third kappa shape index (κ3) is 9.36. The van der Waals surface area contributed by atoms with Crippen LogP contribution >= 0.6 is 0 Å². The largest absolute Gasteiger partial charge is 0.463 e. The molecule has 1 aliphatic rings. The Morgan fingerprint density at radius 2 is 1.10 bits per heavy atom. The van der Waals surface area contributed by atoms with Gasteiger partial charge in [-0.05, 0) is 38.5 Å². The van der Waals surface area contributed by atoms with E-state index in [1.54, 1.807) is 0 Å². The van der Waals surface area contributed by atoms with Crippen LogP contribution < -0.4 is 0 Å². The molecule has 0 radical (unpaired) electrons. The Hall–Kier alpha value is -1.58. The molecule has 0 aromatic heterocycles. The topological polar surface area (TPSA) is 52.6 Å². The lowest BCUT2D eigenvalue weighted by atomic mass is 10.1. The minimum Gasteiger partial charge on any atom is -0.463 e. The molecule has 0 amide bonds. The van der Waals surface area contributed by atoms with Crippen molar-refractivity contribution >= 4 is 11.9 Å². The van der Waals surface area contributed by atoms with Crippen LogP contribution in [0.2, 0.25) is 0 Å². The van der Waals surface area contributed by atoms with Crippen LogP contribution in [0.5, 0.6) is 0 Å². The first-order valence-corrected chi connectivity index (χ1v) is 7.45. The Morgan fingerprint density at radius 3 is 1.55 bits per heavy atom. The second-order valence-corrected chi connectivity index (χ2v) is 4.84. The highest BCUT2D eigenvalue weighted by Gasteiger charge is 1.99. The van der Waals surface area contributed by atoms with Crippen molar-refractivity contribution in [3.63, 3.8) is 0 Å². The standard InChI is InChI=1S/C16H24O4/c17-15-11-7-5-3-1-2-4-6-8-12-16(18)20-14-10-9-13-19-15/h7-8,11-12H,1-6,9-10,13-14H2. The lowest BCUT2D eigenvalue weighted by Crippen LogP contribution is -2.06. The summed E-state index contributed by atoms with van der Waals surface area (Å²) in [6.45, 7) is 0.743. The Morgan fingerprint density at radius 1 is 0.650 bits per heavy atom. The molecule has 0 N–H and O–H groups in total. The van der Waals surface area contributed by atoms with E-state index in [-0.39, 0.29) is 11.9 Å². The van der Waals surface area contributed by atoms with Gasteiger partial charge in [-0.15, -0.1) is 0 Å². The summed E-state index contributed by atoms with van der Waals surface area (Å²) in [5.41, 5.74) is 0. The summed E-state index contributed by atoms with van der Waals surface area (Å²) < 4.78 is 10.1. The fourth-order valence-corrected chi connectivity index (χ4v) is 1.88. The molecular weight excluding hydrogens is 256 g/mol. The van der Waals surface area contributed by atoms with Crippen LogP contribution in [0.4, 0.5) is 0 Å². The second-order valence-electron chi connectivity index (χ2n) is 4.84. The average Bonchev–Trinajstić information content (AvgIpc) is 2.43. The van der Waals surface area contributed by atoms with E-state index in [1.807, 2.05) is 12.2 Å². The van der Waals surface area contributed by atoms with Gasteiger partial charge >= 0.3 is 11.9 Å². The highest BCUT2D eigenvalue weighted by atomic mass is 16.5. The maximum atomic E-state index is 11.3. The molecule has 0 saturated heterocycles. The molecule has 0 fully saturated rings. The van der Waals surface area contributed by atoms with E-state index >= 15 is 0 Å². The van der Waals surface area contributed by atoms with Crippen LogP contribution in [0.25, 0.3) is 0 Å². The predicted molar refractivity (Wildman–Crippen MR) is 77.1 cm³/mol. The molecular formula is C16H24O4. The lowest BCUT2D eigenvalue weighted by molar-refractivity contribution is -0.140. The summed E-state index contributed by atoms with van der Waals surface area (Å²) in [6.07, 6.45) is 14.4. The molecule has 1 heterocycles. The van der Waals surface area contributed by atoms with Gasteiger partial charge in [-0.2, -0.15) is 0 Å². The van der Waals surface area contributed by atoms with Crippen LogP contribution in [0, 0.1) is 0 Å². The number of allylic oxidation sites excluding steroid dienone is 2. The third-order valence-electron chi connectivity index (χ3n) is 3.03. The molecule has 0 spiro atoms. The minimum absolute atomic E-state index is 0.286. The zero-order valence-corrected chi connectivity index (χ0v) is 12.0. The molecule has 4 heteroatoms. The summed E-state index contributed by atoms with van der Waals surface area (Å²) in [4.78, 5) is 22.6. The maximum Gasteiger partial charge on any atom is 0.330 e. The SMILES string of the molecule is O=C1C=CCCCCCCC=CC(=O)OCCCCO1. The number of rotatable bonds is 0. The molecule has 1 rings (SSSR count). The fourth-order valence-electron chi connectivity index (χ4n) is 1.88. The van der Waals surface area contributed by atoms with Gasteiger partial charge in [-0.25, -0.2) is 9.59 Å². The number of esters is 2. The van der Waals surface area contributed by atoms with E-state index in [0.717, 1.165) is 38.5 Å². The zero-order chi connectivity index (χ0) is 14.5. The van der Waals surface area contributed by atoms with E-state index < -0.39 is 0 Å². The minimum atomic E-state index is -0.286.